The van der Waals surface area contributed by atoms with Crippen molar-refractivity contribution < 1.29 is 8.42 Å². The fourth-order valence-corrected chi connectivity index (χ4v) is 2.66. The zero-order valence-electron chi connectivity index (χ0n) is 11.7. The van der Waals surface area contributed by atoms with Crippen LogP contribution in [0.25, 0.3) is 0 Å². The summed E-state index contributed by atoms with van der Waals surface area (Å²) in [6, 6.07) is 0. The van der Waals surface area contributed by atoms with Gasteiger partial charge in [-0.15, -0.1) is 0 Å². The molecule has 0 spiro atoms. The summed E-state index contributed by atoms with van der Waals surface area (Å²) in [5.41, 5.74) is 0.119. The fraction of sp³-hybridized carbons (Fsp3) is 1.00. The van der Waals surface area contributed by atoms with E-state index in [1.54, 1.807) is 13.8 Å². The van der Waals surface area contributed by atoms with E-state index in [9.17, 15) is 8.42 Å². The molecule has 1 atom stereocenters. The summed E-state index contributed by atoms with van der Waals surface area (Å²) in [7, 11) is -3.14. The van der Waals surface area contributed by atoms with Crippen LogP contribution in [-0.2, 0) is 10.0 Å². The van der Waals surface area contributed by atoms with Crippen molar-refractivity contribution in [2.75, 3.05) is 6.54 Å². The monoisotopic (exact) mass is 249 g/mol. The molecule has 3 nitrogen and oxygen atoms in total. The van der Waals surface area contributed by atoms with Gasteiger partial charge in [-0.2, -0.15) is 0 Å². The van der Waals surface area contributed by atoms with E-state index in [1.165, 1.54) is 0 Å². The van der Waals surface area contributed by atoms with Crippen molar-refractivity contribution in [3.05, 3.63) is 0 Å². The quantitative estimate of drug-likeness (QED) is 0.814. The van der Waals surface area contributed by atoms with Gasteiger partial charge in [-0.1, -0.05) is 34.6 Å². The van der Waals surface area contributed by atoms with Crippen molar-refractivity contribution in [1.29, 1.82) is 0 Å². The first-order valence-corrected chi connectivity index (χ1v) is 7.51. The average Bonchev–Trinajstić information content (AvgIpc) is 1.99. The maximum absolute atomic E-state index is 11.7. The second-order valence-corrected chi connectivity index (χ2v) is 8.48. The van der Waals surface area contributed by atoms with E-state index < -0.39 is 10.0 Å². The van der Waals surface area contributed by atoms with Gasteiger partial charge >= 0.3 is 0 Å². The standard InChI is InChI=1S/C12H27NO2S/c1-9(2)11(12(5,6)7)8-13-16(14,15)10(3)4/h9-11,13H,8H2,1-7H3. The van der Waals surface area contributed by atoms with Crippen LogP contribution in [0.2, 0.25) is 0 Å². The van der Waals surface area contributed by atoms with Crippen LogP contribution < -0.4 is 4.72 Å². The van der Waals surface area contributed by atoms with Crippen molar-refractivity contribution in [1.82, 2.24) is 4.72 Å². The van der Waals surface area contributed by atoms with Gasteiger partial charge in [0.05, 0.1) is 5.25 Å². The first kappa shape index (κ1) is 15.9. The lowest BCUT2D eigenvalue weighted by molar-refractivity contribution is 0.181. The van der Waals surface area contributed by atoms with Crippen LogP contribution in [0.5, 0.6) is 0 Å². The second-order valence-electron chi connectivity index (χ2n) is 6.16. The van der Waals surface area contributed by atoms with Crippen LogP contribution in [0.1, 0.15) is 48.5 Å². The Labute approximate surface area is 101 Å². The largest absolute Gasteiger partial charge is 0.215 e. The molecule has 0 heterocycles. The van der Waals surface area contributed by atoms with Gasteiger partial charge in [-0.3, -0.25) is 0 Å². The van der Waals surface area contributed by atoms with Gasteiger partial charge in [-0.05, 0) is 31.1 Å². The lowest BCUT2D eigenvalue weighted by atomic mass is 9.74. The molecule has 0 saturated heterocycles. The zero-order valence-corrected chi connectivity index (χ0v) is 12.5. The molecule has 16 heavy (non-hydrogen) atoms. The predicted octanol–water partition coefficient (Wildman–Crippen LogP) is 2.63. The first-order chi connectivity index (χ1) is 6.98. The van der Waals surface area contributed by atoms with Crippen molar-refractivity contribution >= 4 is 10.0 Å². The van der Waals surface area contributed by atoms with Gasteiger partial charge in [-0.25, -0.2) is 13.1 Å². The van der Waals surface area contributed by atoms with Crippen LogP contribution in [-0.4, -0.2) is 20.2 Å². The van der Waals surface area contributed by atoms with Gasteiger partial charge in [0.15, 0.2) is 0 Å². The molecular formula is C12H27NO2S. The third-order valence-corrected chi connectivity index (χ3v) is 4.85. The summed E-state index contributed by atoms with van der Waals surface area (Å²) in [4.78, 5) is 0. The van der Waals surface area contributed by atoms with Crippen LogP contribution in [0.15, 0.2) is 0 Å². The van der Waals surface area contributed by atoms with Gasteiger partial charge in [0, 0.05) is 6.54 Å². The zero-order chi connectivity index (χ0) is 13.1. The molecule has 0 rings (SSSR count). The molecule has 0 aliphatic heterocycles. The van der Waals surface area contributed by atoms with Gasteiger partial charge in [0.25, 0.3) is 0 Å². The summed E-state index contributed by atoms with van der Waals surface area (Å²) < 4.78 is 26.1. The molecule has 0 fully saturated rings. The number of hydrogen-bond donors (Lipinski definition) is 1. The predicted molar refractivity (Wildman–Crippen MR) is 69.8 cm³/mol. The Morgan fingerprint density at radius 2 is 1.50 bits per heavy atom. The molecule has 0 aliphatic carbocycles. The van der Waals surface area contributed by atoms with E-state index in [1.807, 2.05) is 0 Å². The van der Waals surface area contributed by atoms with Crippen LogP contribution in [0.3, 0.4) is 0 Å². The molecule has 0 aromatic rings. The Hall–Kier alpha value is -0.0900. The highest BCUT2D eigenvalue weighted by atomic mass is 32.2. The molecule has 4 heteroatoms. The van der Waals surface area contributed by atoms with E-state index in [-0.39, 0.29) is 10.7 Å². The highest BCUT2D eigenvalue weighted by Gasteiger charge is 2.29. The maximum atomic E-state index is 11.7. The Balaban J connectivity index is 4.59. The smallest absolute Gasteiger partial charge is 0.213 e. The molecule has 1 unspecified atom stereocenters. The summed E-state index contributed by atoms with van der Waals surface area (Å²) >= 11 is 0. The minimum Gasteiger partial charge on any atom is -0.215 e. The summed E-state index contributed by atoms with van der Waals surface area (Å²) in [6.07, 6.45) is 0. The minimum atomic E-state index is -3.14. The second kappa shape index (κ2) is 5.50. The van der Waals surface area contributed by atoms with E-state index in [0.29, 0.717) is 18.4 Å². The molecule has 0 amide bonds. The van der Waals surface area contributed by atoms with Gasteiger partial charge < -0.3 is 0 Å². The molecular weight excluding hydrogens is 222 g/mol. The average molecular weight is 249 g/mol. The fourth-order valence-electron chi connectivity index (χ4n) is 1.91. The Kier molecular flexibility index (Phi) is 5.47. The minimum absolute atomic E-state index is 0.119. The Bertz CT molecular complexity index is 299. The van der Waals surface area contributed by atoms with Crippen molar-refractivity contribution in [2.24, 2.45) is 17.3 Å². The van der Waals surface area contributed by atoms with E-state index in [2.05, 4.69) is 39.3 Å². The first-order valence-electron chi connectivity index (χ1n) is 5.97. The third kappa shape index (κ3) is 4.83. The molecule has 0 bridgehead atoms. The third-order valence-electron chi connectivity index (χ3n) is 3.04. The van der Waals surface area contributed by atoms with Gasteiger partial charge in [0.2, 0.25) is 10.0 Å². The summed E-state index contributed by atoms with van der Waals surface area (Å²) in [5, 5.41) is -0.361. The SMILES string of the molecule is CC(C)C(CNS(=O)(=O)C(C)C)C(C)(C)C. The highest BCUT2D eigenvalue weighted by Crippen LogP contribution is 2.31. The van der Waals surface area contributed by atoms with Gasteiger partial charge in [0.1, 0.15) is 0 Å². The van der Waals surface area contributed by atoms with E-state index in [0.717, 1.165) is 0 Å². The summed E-state index contributed by atoms with van der Waals surface area (Å²) in [5.74, 6) is 0.816. The molecule has 0 aliphatic rings. The van der Waals surface area contributed by atoms with Crippen LogP contribution in [0.4, 0.5) is 0 Å². The summed E-state index contributed by atoms with van der Waals surface area (Å²) in [6.45, 7) is 14.7. The Morgan fingerprint density at radius 3 is 1.75 bits per heavy atom. The molecule has 0 saturated carbocycles. The number of nitrogens with one attached hydrogen (secondary N) is 1. The van der Waals surface area contributed by atoms with Crippen LogP contribution in [0, 0.1) is 17.3 Å². The lowest BCUT2D eigenvalue weighted by Gasteiger charge is -2.34. The van der Waals surface area contributed by atoms with E-state index in [4.69, 9.17) is 0 Å². The van der Waals surface area contributed by atoms with Crippen molar-refractivity contribution in [3.8, 4) is 0 Å². The topological polar surface area (TPSA) is 46.2 Å². The van der Waals surface area contributed by atoms with Crippen molar-refractivity contribution in [2.45, 2.75) is 53.7 Å². The molecule has 0 aromatic carbocycles. The normalized spacial score (nSPS) is 15.8. The maximum Gasteiger partial charge on any atom is 0.213 e. The lowest BCUT2D eigenvalue weighted by Crippen LogP contribution is -2.40. The highest BCUT2D eigenvalue weighted by molar-refractivity contribution is 7.90. The van der Waals surface area contributed by atoms with E-state index >= 15 is 0 Å². The van der Waals surface area contributed by atoms with Crippen LogP contribution >= 0.6 is 0 Å². The molecule has 98 valence electrons. The molecule has 1 N–H and O–H groups in total. The molecule has 0 aromatic heterocycles. The number of rotatable bonds is 5. The number of sulfonamides is 1. The Morgan fingerprint density at radius 1 is 1.06 bits per heavy atom. The van der Waals surface area contributed by atoms with Crippen molar-refractivity contribution in [3.63, 3.8) is 0 Å². The molecule has 0 radical (unpaired) electrons. The number of hydrogen-bond acceptors (Lipinski definition) is 2.